The Bertz CT molecular complexity index is 373. The van der Waals surface area contributed by atoms with Crippen LogP contribution in [0.5, 0.6) is 0 Å². The van der Waals surface area contributed by atoms with Gasteiger partial charge in [-0.15, -0.1) is 12.4 Å². The molecule has 0 atom stereocenters. The first-order valence-corrected chi connectivity index (χ1v) is 6.66. The molecule has 1 aliphatic heterocycles. The Morgan fingerprint density at radius 2 is 1.89 bits per heavy atom. The number of benzene rings is 1. The van der Waals surface area contributed by atoms with Crippen molar-refractivity contribution in [2.45, 2.75) is 26.7 Å². The van der Waals surface area contributed by atoms with E-state index in [1.807, 2.05) is 0 Å². The topological polar surface area (TPSA) is 15.3 Å². The van der Waals surface area contributed by atoms with Crippen LogP contribution in [-0.2, 0) is 0 Å². The van der Waals surface area contributed by atoms with Crippen molar-refractivity contribution in [3.8, 4) is 0 Å². The van der Waals surface area contributed by atoms with E-state index in [9.17, 15) is 0 Å². The van der Waals surface area contributed by atoms with Crippen molar-refractivity contribution >= 4 is 18.1 Å². The fourth-order valence-electron chi connectivity index (χ4n) is 2.68. The van der Waals surface area contributed by atoms with E-state index in [0.29, 0.717) is 0 Å². The molecular weight excluding hydrogens is 244 g/mol. The van der Waals surface area contributed by atoms with Crippen molar-refractivity contribution in [1.29, 1.82) is 0 Å². The predicted molar refractivity (Wildman–Crippen MR) is 82.0 cm³/mol. The molecule has 2 nitrogen and oxygen atoms in total. The van der Waals surface area contributed by atoms with Crippen molar-refractivity contribution in [3.05, 3.63) is 29.3 Å². The molecule has 0 saturated carbocycles. The summed E-state index contributed by atoms with van der Waals surface area (Å²) in [5.41, 5.74) is 4.12. The summed E-state index contributed by atoms with van der Waals surface area (Å²) in [7, 11) is 2.23. The van der Waals surface area contributed by atoms with E-state index in [4.69, 9.17) is 0 Å². The van der Waals surface area contributed by atoms with E-state index in [2.05, 4.69) is 49.3 Å². The Morgan fingerprint density at radius 1 is 1.22 bits per heavy atom. The normalized spacial score (nSPS) is 16.2. The van der Waals surface area contributed by atoms with Crippen LogP contribution in [0.1, 0.15) is 24.0 Å². The van der Waals surface area contributed by atoms with Crippen LogP contribution in [0.4, 0.5) is 5.69 Å². The number of hydrogen-bond donors (Lipinski definition) is 1. The van der Waals surface area contributed by atoms with Gasteiger partial charge >= 0.3 is 0 Å². The lowest BCUT2D eigenvalue weighted by atomic mass is 9.97. The third-order valence-electron chi connectivity index (χ3n) is 3.77. The van der Waals surface area contributed by atoms with Crippen molar-refractivity contribution in [2.24, 2.45) is 5.92 Å². The monoisotopic (exact) mass is 268 g/mol. The van der Waals surface area contributed by atoms with Crippen LogP contribution >= 0.6 is 12.4 Å². The van der Waals surface area contributed by atoms with Crippen LogP contribution in [0.2, 0.25) is 0 Å². The second-order valence-corrected chi connectivity index (χ2v) is 5.36. The molecule has 1 aliphatic rings. The second-order valence-electron chi connectivity index (χ2n) is 5.36. The Hall–Kier alpha value is -0.730. The number of halogens is 1. The fraction of sp³-hybridized carbons (Fsp3) is 0.600. The SMILES string of the molecule is Cc1ccc(C)c(N(C)CC2CCNCC2)c1.Cl. The van der Waals surface area contributed by atoms with Gasteiger partial charge in [0.2, 0.25) is 0 Å². The third-order valence-corrected chi connectivity index (χ3v) is 3.77. The minimum atomic E-state index is 0. The van der Waals surface area contributed by atoms with E-state index >= 15 is 0 Å². The largest absolute Gasteiger partial charge is 0.374 e. The number of hydrogen-bond acceptors (Lipinski definition) is 2. The standard InChI is InChI=1S/C15H24N2.ClH/c1-12-4-5-13(2)15(10-12)17(3)11-14-6-8-16-9-7-14;/h4-5,10,14,16H,6-9,11H2,1-3H3;1H. The smallest absolute Gasteiger partial charge is 0.0396 e. The molecule has 0 aromatic heterocycles. The lowest BCUT2D eigenvalue weighted by molar-refractivity contribution is 0.378. The summed E-state index contributed by atoms with van der Waals surface area (Å²) in [5.74, 6) is 0.848. The predicted octanol–water partition coefficient (Wildman–Crippen LogP) is 3.16. The van der Waals surface area contributed by atoms with Crippen molar-refractivity contribution in [3.63, 3.8) is 0 Å². The molecule has 1 N–H and O–H groups in total. The number of anilines is 1. The van der Waals surface area contributed by atoms with Crippen LogP contribution in [0, 0.1) is 19.8 Å². The minimum Gasteiger partial charge on any atom is -0.374 e. The Kier molecular flexibility index (Phi) is 5.97. The summed E-state index contributed by atoms with van der Waals surface area (Å²) in [5, 5.41) is 3.43. The van der Waals surface area contributed by atoms with Gasteiger partial charge in [-0.1, -0.05) is 12.1 Å². The number of nitrogens with zero attached hydrogens (tertiary/aromatic N) is 1. The summed E-state index contributed by atoms with van der Waals surface area (Å²) in [6, 6.07) is 6.72. The molecule has 0 radical (unpaired) electrons. The van der Waals surface area contributed by atoms with E-state index in [1.54, 1.807) is 0 Å². The maximum atomic E-state index is 3.43. The average Bonchev–Trinajstić information content (AvgIpc) is 2.33. The van der Waals surface area contributed by atoms with E-state index < -0.39 is 0 Å². The molecule has 1 saturated heterocycles. The molecule has 2 rings (SSSR count). The highest BCUT2D eigenvalue weighted by molar-refractivity contribution is 5.85. The lowest BCUT2D eigenvalue weighted by Crippen LogP contribution is -2.34. The molecule has 3 heteroatoms. The van der Waals surface area contributed by atoms with Gasteiger partial charge in [0.1, 0.15) is 0 Å². The maximum absolute atomic E-state index is 3.43. The highest BCUT2D eigenvalue weighted by atomic mass is 35.5. The van der Waals surface area contributed by atoms with Crippen LogP contribution in [0.25, 0.3) is 0 Å². The molecule has 1 fully saturated rings. The van der Waals surface area contributed by atoms with Crippen LogP contribution in [-0.4, -0.2) is 26.7 Å². The molecule has 1 aromatic rings. The molecule has 1 aromatic carbocycles. The zero-order valence-corrected chi connectivity index (χ0v) is 12.5. The van der Waals surface area contributed by atoms with Gasteiger partial charge in [0.15, 0.2) is 0 Å². The molecule has 102 valence electrons. The van der Waals surface area contributed by atoms with Crippen LogP contribution < -0.4 is 10.2 Å². The Morgan fingerprint density at radius 3 is 2.56 bits per heavy atom. The quantitative estimate of drug-likeness (QED) is 0.906. The van der Waals surface area contributed by atoms with Crippen molar-refractivity contribution in [1.82, 2.24) is 5.32 Å². The Balaban J connectivity index is 0.00000162. The zero-order valence-electron chi connectivity index (χ0n) is 11.7. The number of rotatable bonds is 3. The highest BCUT2D eigenvalue weighted by Gasteiger charge is 2.16. The van der Waals surface area contributed by atoms with Gasteiger partial charge in [-0.25, -0.2) is 0 Å². The molecular formula is C15H25ClN2. The number of nitrogens with one attached hydrogen (secondary N) is 1. The third kappa shape index (κ3) is 3.89. The number of piperidine rings is 1. The van der Waals surface area contributed by atoms with Crippen LogP contribution in [0.3, 0.4) is 0 Å². The average molecular weight is 269 g/mol. The summed E-state index contributed by atoms with van der Waals surface area (Å²) in [6.07, 6.45) is 2.63. The van der Waals surface area contributed by atoms with Crippen molar-refractivity contribution < 1.29 is 0 Å². The first-order chi connectivity index (χ1) is 8.16. The first-order valence-electron chi connectivity index (χ1n) is 6.66. The van der Waals surface area contributed by atoms with Gasteiger partial charge in [-0.3, -0.25) is 0 Å². The van der Waals surface area contributed by atoms with Gasteiger partial charge in [0.05, 0.1) is 0 Å². The lowest BCUT2D eigenvalue weighted by Gasteiger charge is -2.29. The fourth-order valence-corrected chi connectivity index (χ4v) is 2.68. The summed E-state index contributed by atoms with van der Waals surface area (Å²) in [4.78, 5) is 2.43. The molecule has 0 unspecified atom stereocenters. The first kappa shape index (κ1) is 15.3. The van der Waals surface area contributed by atoms with Gasteiger partial charge in [0.25, 0.3) is 0 Å². The molecule has 0 amide bonds. The van der Waals surface area contributed by atoms with Gasteiger partial charge in [-0.05, 0) is 62.9 Å². The summed E-state index contributed by atoms with van der Waals surface area (Å²) >= 11 is 0. The van der Waals surface area contributed by atoms with Crippen LogP contribution in [0.15, 0.2) is 18.2 Å². The molecule has 18 heavy (non-hydrogen) atoms. The van der Waals surface area contributed by atoms with Gasteiger partial charge in [-0.2, -0.15) is 0 Å². The second kappa shape index (κ2) is 7.01. The van der Waals surface area contributed by atoms with Gasteiger partial charge < -0.3 is 10.2 Å². The van der Waals surface area contributed by atoms with Crippen molar-refractivity contribution in [2.75, 3.05) is 31.6 Å². The molecule has 0 aliphatic carbocycles. The zero-order chi connectivity index (χ0) is 12.3. The van der Waals surface area contributed by atoms with E-state index in [0.717, 1.165) is 5.92 Å². The summed E-state index contributed by atoms with van der Waals surface area (Å²) < 4.78 is 0. The Labute approximate surface area is 117 Å². The summed E-state index contributed by atoms with van der Waals surface area (Å²) in [6.45, 7) is 7.93. The molecule has 0 bridgehead atoms. The number of aryl methyl sites for hydroxylation is 2. The van der Waals surface area contributed by atoms with E-state index in [1.165, 1.54) is 49.3 Å². The molecule has 0 spiro atoms. The molecule has 1 heterocycles. The van der Waals surface area contributed by atoms with Gasteiger partial charge in [0, 0.05) is 19.3 Å². The van der Waals surface area contributed by atoms with E-state index in [-0.39, 0.29) is 12.4 Å². The highest BCUT2D eigenvalue weighted by Crippen LogP contribution is 2.23. The maximum Gasteiger partial charge on any atom is 0.0396 e. The minimum absolute atomic E-state index is 0.